The normalized spacial score (nSPS) is 12.9. The maximum atomic E-state index is 12.2. The van der Waals surface area contributed by atoms with E-state index in [1.54, 1.807) is 11.8 Å². The van der Waals surface area contributed by atoms with Gasteiger partial charge in [-0.2, -0.15) is 0 Å². The molecule has 5 heteroatoms. The van der Waals surface area contributed by atoms with Gasteiger partial charge in [-0.15, -0.1) is 0 Å². The fraction of sp³-hybridized carbons (Fsp3) is 0.364. The van der Waals surface area contributed by atoms with Gasteiger partial charge in [-0.3, -0.25) is 4.79 Å². The first kappa shape index (κ1) is 19.0. The second-order valence-electron chi connectivity index (χ2n) is 7.85. The van der Waals surface area contributed by atoms with Gasteiger partial charge < -0.3 is 15.0 Å². The summed E-state index contributed by atoms with van der Waals surface area (Å²) in [5.41, 5.74) is 5.83. The summed E-state index contributed by atoms with van der Waals surface area (Å²) in [6, 6.07) is 12.1. The Hall–Kier alpha value is -2.82. The second-order valence-corrected chi connectivity index (χ2v) is 7.85. The number of ether oxygens (including phenoxy) is 1. The van der Waals surface area contributed by atoms with Gasteiger partial charge >= 0.3 is 6.09 Å². The van der Waals surface area contributed by atoms with Crippen LogP contribution >= 0.6 is 0 Å². The lowest BCUT2D eigenvalue weighted by atomic mass is 9.88. The van der Waals surface area contributed by atoms with Crippen LogP contribution in [0.1, 0.15) is 44.4 Å². The molecule has 0 unspecified atom stereocenters. The van der Waals surface area contributed by atoms with Crippen molar-refractivity contribution < 1.29 is 14.3 Å². The van der Waals surface area contributed by atoms with Crippen LogP contribution in [0.2, 0.25) is 0 Å². The van der Waals surface area contributed by atoms with Gasteiger partial charge in [0, 0.05) is 19.0 Å². The number of benzene rings is 2. The van der Waals surface area contributed by atoms with Crippen LogP contribution in [0.4, 0.5) is 10.5 Å². The van der Waals surface area contributed by atoms with E-state index in [1.165, 1.54) is 0 Å². The Balaban J connectivity index is 1.90. The highest BCUT2D eigenvalue weighted by Crippen LogP contribution is 2.40. The average molecular weight is 366 g/mol. The average Bonchev–Trinajstić information content (AvgIpc) is 2.59. The van der Waals surface area contributed by atoms with E-state index < -0.39 is 11.7 Å². The molecule has 0 bridgehead atoms. The largest absolute Gasteiger partial charge is 0.444 e. The second kappa shape index (κ2) is 7.06. The molecule has 1 aliphatic rings. The minimum Gasteiger partial charge on any atom is -0.444 e. The number of fused-ring (bicyclic) bond motifs is 3. The van der Waals surface area contributed by atoms with Crippen molar-refractivity contribution in [1.82, 2.24) is 5.32 Å². The number of rotatable bonds is 2. The minimum atomic E-state index is -0.527. The number of alkyl carbamates (subject to hydrolysis) is 1. The summed E-state index contributed by atoms with van der Waals surface area (Å²) >= 11 is 0. The van der Waals surface area contributed by atoms with Crippen LogP contribution in [0.5, 0.6) is 0 Å². The number of anilines is 1. The highest BCUT2D eigenvalue weighted by atomic mass is 16.6. The third-order valence-electron chi connectivity index (χ3n) is 4.71. The highest BCUT2D eigenvalue weighted by molar-refractivity contribution is 5.99. The molecule has 0 saturated carbocycles. The van der Waals surface area contributed by atoms with Crippen LogP contribution in [-0.4, -0.2) is 17.6 Å². The first-order valence-electron chi connectivity index (χ1n) is 9.13. The van der Waals surface area contributed by atoms with E-state index in [0.29, 0.717) is 13.1 Å². The Morgan fingerprint density at radius 2 is 1.81 bits per heavy atom. The molecule has 0 radical (unpaired) electrons. The molecule has 2 aromatic carbocycles. The summed E-state index contributed by atoms with van der Waals surface area (Å²) in [7, 11) is 0. The molecular formula is C22H26N2O3. The predicted molar refractivity (Wildman–Crippen MR) is 107 cm³/mol. The summed E-state index contributed by atoms with van der Waals surface area (Å²) in [4.78, 5) is 25.9. The van der Waals surface area contributed by atoms with E-state index in [0.717, 1.165) is 33.5 Å². The summed E-state index contributed by atoms with van der Waals surface area (Å²) < 4.78 is 5.30. The van der Waals surface area contributed by atoms with E-state index in [1.807, 2.05) is 58.0 Å². The SMILES string of the molecule is CC(=O)N1Cc2c(ccc(CNC(=O)OC(C)(C)C)c2C)-c2ccccc21. The molecule has 0 saturated heterocycles. The molecule has 0 atom stereocenters. The van der Waals surface area contributed by atoms with Crippen LogP contribution < -0.4 is 10.2 Å². The molecule has 0 aliphatic carbocycles. The molecule has 2 amide bonds. The van der Waals surface area contributed by atoms with Crippen molar-refractivity contribution in [3.8, 4) is 11.1 Å². The van der Waals surface area contributed by atoms with Crippen molar-refractivity contribution in [3.63, 3.8) is 0 Å². The van der Waals surface area contributed by atoms with Gasteiger partial charge in [-0.1, -0.05) is 30.3 Å². The van der Waals surface area contributed by atoms with E-state index in [-0.39, 0.29) is 5.91 Å². The third-order valence-corrected chi connectivity index (χ3v) is 4.71. The smallest absolute Gasteiger partial charge is 0.407 e. The number of nitrogens with zero attached hydrogens (tertiary/aromatic N) is 1. The summed E-state index contributed by atoms with van der Waals surface area (Å²) in [6.07, 6.45) is -0.435. The zero-order chi connectivity index (χ0) is 19.8. The number of hydrogen-bond acceptors (Lipinski definition) is 3. The molecule has 1 N–H and O–H groups in total. The number of carbonyl (C=O) groups excluding carboxylic acids is 2. The minimum absolute atomic E-state index is 0.0183. The van der Waals surface area contributed by atoms with Crippen LogP contribution in [0, 0.1) is 6.92 Å². The Bertz CT molecular complexity index is 897. The van der Waals surface area contributed by atoms with Crippen molar-refractivity contribution in [2.45, 2.75) is 53.3 Å². The molecule has 27 heavy (non-hydrogen) atoms. The first-order chi connectivity index (χ1) is 12.7. The molecule has 1 heterocycles. The van der Waals surface area contributed by atoms with Crippen LogP contribution in [-0.2, 0) is 22.6 Å². The van der Waals surface area contributed by atoms with Crippen LogP contribution in [0.3, 0.4) is 0 Å². The van der Waals surface area contributed by atoms with E-state index in [9.17, 15) is 9.59 Å². The van der Waals surface area contributed by atoms with Crippen molar-refractivity contribution in [2.75, 3.05) is 4.90 Å². The monoisotopic (exact) mass is 366 g/mol. The molecule has 1 aliphatic heterocycles. The number of nitrogens with one attached hydrogen (secondary N) is 1. The Kier molecular flexibility index (Phi) is 4.96. The van der Waals surface area contributed by atoms with Crippen LogP contribution in [0.15, 0.2) is 36.4 Å². The summed E-state index contributed by atoms with van der Waals surface area (Å²) in [5.74, 6) is 0.0183. The molecule has 3 rings (SSSR count). The maximum Gasteiger partial charge on any atom is 0.407 e. The lowest BCUT2D eigenvalue weighted by Crippen LogP contribution is -2.33. The molecular weight excluding hydrogens is 340 g/mol. The van der Waals surface area contributed by atoms with E-state index >= 15 is 0 Å². The van der Waals surface area contributed by atoms with Crippen molar-refractivity contribution >= 4 is 17.7 Å². The van der Waals surface area contributed by atoms with Gasteiger partial charge in [-0.25, -0.2) is 4.79 Å². The number of para-hydroxylation sites is 1. The standard InChI is InChI=1S/C22H26N2O3/c1-14-16(12-23-21(26)27-22(3,4)5)10-11-17-18-8-6-7-9-20(18)24(15(2)25)13-19(14)17/h6-11H,12-13H2,1-5H3,(H,23,26). The molecule has 0 aromatic heterocycles. The van der Waals surface area contributed by atoms with Crippen LogP contribution in [0.25, 0.3) is 11.1 Å². The number of carbonyl (C=O) groups is 2. The van der Waals surface area contributed by atoms with Gasteiger partial charge in [0.05, 0.1) is 12.2 Å². The number of hydrogen-bond donors (Lipinski definition) is 1. The Morgan fingerprint density at radius 3 is 2.48 bits per heavy atom. The Morgan fingerprint density at radius 1 is 1.11 bits per heavy atom. The fourth-order valence-electron chi connectivity index (χ4n) is 3.40. The molecule has 5 nitrogen and oxygen atoms in total. The molecule has 0 spiro atoms. The van der Waals surface area contributed by atoms with Gasteiger partial charge in [0.15, 0.2) is 0 Å². The Labute approximate surface area is 160 Å². The lowest BCUT2D eigenvalue weighted by molar-refractivity contribution is -0.116. The highest BCUT2D eigenvalue weighted by Gasteiger charge is 2.26. The van der Waals surface area contributed by atoms with Crippen molar-refractivity contribution in [3.05, 3.63) is 53.1 Å². The maximum absolute atomic E-state index is 12.2. The summed E-state index contributed by atoms with van der Waals surface area (Å²) in [6.45, 7) is 10.1. The fourth-order valence-corrected chi connectivity index (χ4v) is 3.40. The van der Waals surface area contributed by atoms with Gasteiger partial charge in [0.1, 0.15) is 5.60 Å². The zero-order valence-corrected chi connectivity index (χ0v) is 16.6. The van der Waals surface area contributed by atoms with Gasteiger partial charge in [-0.05, 0) is 56.0 Å². The first-order valence-corrected chi connectivity index (χ1v) is 9.13. The van der Waals surface area contributed by atoms with Gasteiger partial charge in [0.2, 0.25) is 5.91 Å². The topological polar surface area (TPSA) is 58.6 Å². The molecule has 0 fully saturated rings. The lowest BCUT2D eigenvalue weighted by Gasteiger charge is -2.32. The zero-order valence-electron chi connectivity index (χ0n) is 16.6. The van der Waals surface area contributed by atoms with Gasteiger partial charge in [0.25, 0.3) is 0 Å². The predicted octanol–water partition coefficient (Wildman–Crippen LogP) is 4.55. The third kappa shape index (κ3) is 3.97. The quantitative estimate of drug-likeness (QED) is 0.848. The number of amides is 2. The molecule has 2 aromatic rings. The summed E-state index contributed by atoms with van der Waals surface area (Å²) in [5, 5.41) is 2.81. The molecule has 142 valence electrons. The van der Waals surface area contributed by atoms with Crippen molar-refractivity contribution in [1.29, 1.82) is 0 Å². The van der Waals surface area contributed by atoms with E-state index in [2.05, 4.69) is 11.4 Å². The van der Waals surface area contributed by atoms with E-state index in [4.69, 9.17) is 4.74 Å². The van der Waals surface area contributed by atoms with Crippen molar-refractivity contribution in [2.24, 2.45) is 0 Å².